The van der Waals surface area contributed by atoms with Crippen molar-refractivity contribution >= 4 is 40.0 Å². The highest BCUT2D eigenvalue weighted by Crippen LogP contribution is 2.11. The summed E-state index contributed by atoms with van der Waals surface area (Å²) in [6, 6.07) is 0. The molecule has 156 valence electrons. The first-order valence-electron chi connectivity index (χ1n) is 9.54. The number of aliphatic imine (C=N–C) groups is 1. The summed E-state index contributed by atoms with van der Waals surface area (Å²) < 4.78 is 32.4. The number of hydrogen-bond acceptors (Lipinski definition) is 4. The molecule has 1 atom stereocenters. The average Bonchev–Trinajstić information content (AvgIpc) is 2.57. The second-order valence-electron chi connectivity index (χ2n) is 6.88. The van der Waals surface area contributed by atoms with Crippen LogP contribution >= 0.6 is 24.0 Å². The molecule has 1 saturated heterocycles. The van der Waals surface area contributed by atoms with Gasteiger partial charge in [-0.3, -0.25) is 4.99 Å². The van der Waals surface area contributed by atoms with Crippen molar-refractivity contribution in [2.75, 3.05) is 38.5 Å². The van der Waals surface area contributed by atoms with Crippen LogP contribution in [0.2, 0.25) is 0 Å². The van der Waals surface area contributed by atoms with E-state index >= 15 is 0 Å². The van der Waals surface area contributed by atoms with Gasteiger partial charge in [0.15, 0.2) is 5.96 Å². The summed E-state index contributed by atoms with van der Waals surface area (Å²) in [5.41, 5.74) is 0. The van der Waals surface area contributed by atoms with Gasteiger partial charge in [-0.05, 0) is 44.9 Å². The number of hydrogen-bond donors (Lipinski definition) is 3. The van der Waals surface area contributed by atoms with Gasteiger partial charge in [0, 0.05) is 32.8 Å². The summed E-state index contributed by atoms with van der Waals surface area (Å²) in [6.45, 7) is 9.31. The van der Waals surface area contributed by atoms with Crippen molar-refractivity contribution in [2.24, 2.45) is 10.9 Å². The van der Waals surface area contributed by atoms with Crippen LogP contribution in [-0.2, 0) is 14.8 Å². The molecule has 0 aromatic heterocycles. The van der Waals surface area contributed by atoms with E-state index in [4.69, 9.17) is 4.74 Å². The van der Waals surface area contributed by atoms with Gasteiger partial charge in [0.05, 0.1) is 11.9 Å². The van der Waals surface area contributed by atoms with Gasteiger partial charge in [-0.25, -0.2) is 13.1 Å². The Bertz CT molecular complexity index is 480. The van der Waals surface area contributed by atoms with Crippen LogP contribution in [0.3, 0.4) is 0 Å². The molecule has 1 aliphatic rings. The predicted molar refractivity (Wildman–Crippen MR) is 119 cm³/mol. The minimum absolute atomic E-state index is 0. The van der Waals surface area contributed by atoms with Crippen LogP contribution in [0.5, 0.6) is 0 Å². The molecule has 1 heterocycles. The molecule has 3 N–H and O–H groups in total. The highest BCUT2D eigenvalue weighted by Gasteiger charge is 2.17. The standard InChI is InChI=1S/C17H36N4O3S.HI/c1-4-18-17(19-10-7-8-15(2)3)20-11-13-25(22,23)21-14-16-9-5-6-12-24-16;/h15-16,21H,4-14H2,1-3H3,(H2,18,19,20);1H. The number of nitrogens with one attached hydrogen (secondary N) is 3. The first-order valence-corrected chi connectivity index (χ1v) is 11.2. The Hall–Kier alpha value is -0.130. The van der Waals surface area contributed by atoms with E-state index < -0.39 is 10.0 Å². The number of nitrogens with zero attached hydrogens (tertiary/aromatic N) is 1. The lowest BCUT2D eigenvalue weighted by Gasteiger charge is -2.22. The van der Waals surface area contributed by atoms with Crippen LogP contribution in [0.25, 0.3) is 0 Å². The summed E-state index contributed by atoms with van der Waals surface area (Å²) in [4.78, 5) is 4.48. The first kappa shape index (κ1) is 25.9. The van der Waals surface area contributed by atoms with Crippen LogP contribution in [0.15, 0.2) is 4.99 Å². The zero-order valence-electron chi connectivity index (χ0n) is 16.4. The summed E-state index contributed by atoms with van der Waals surface area (Å²) in [6.07, 6.45) is 5.29. The monoisotopic (exact) mass is 504 g/mol. The Labute approximate surface area is 176 Å². The Morgan fingerprint density at radius 1 is 1.27 bits per heavy atom. The van der Waals surface area contributed by atoms with Crippen molar-refractivity contribution in [3.8, 4) is 0 Å². The zero-order chi connectivity index (χ0) is 18.5. The van der Waals surface area contributed by atoms with Crippen molar-refractivity contribution in [2.45, 2.75) is 59.0 Å². The fourth-order valence-electron chi connectivity index (χ4n) is 2.60. The summed E-state index contributed by atoms with van der Waals surface area (Å²) in [7, 11) is -3.30. The van der Waals surface area contributed by atoms with E-state index in [0.29, 0.717) is 25.0 Å². The smallest absolute Gasteiger partial charge is 0.213 e. The van der Waals surface area contributed by atoms with Crippen LogP contribution in [-0.4, -0.2) is 59.0 Å². The topological polar surface area (TPSA) is 91.8 Å². The van der Waals surface area contributed by atoms with Crippen molar-refractivity contribution in [3.05, 3.63) is 0 Å². The molecule has 0 spiro atoms. The molecule has 1 aliphatic heterocycles. The molecular weight excluding hydrogens is 467 g/mol. The number of guanidine groups is 1. The molecule has 26 heavy (non-hydrogen) atoms. The fraction of sp³-hybridized carbons (Fsp3) is 0.941. The Morgan fingerprint density at radius 3 is 2.65 bits per heavy atom. The van der Waals surface area contributed by atoms with Gasteiger partial charge in [-0.15, -0.1) is 24.0 Å². The molecule has 0 amide bonds. The highest BCUT2D eigenvalue weighted by molar-refractivity contribution is 14.0. The third-order valence-corrected chi connectivity index (χ3v) is 5.37. The molecular formula is C17H37IN4O3S. The summed E-state index contributed by atoms with van der Waals surface area (Å²) in [5.74, 6) is 1.38. The molecule has 0 radical (unpaired) electrons. The molecule has 1 fully saturated rings. The minimum atomic E-state index is -3.30. The molecule has 7 nitrogen and oxygen atoms in total. The molecule has 0 bridgehead atoms. The van der Waals surface area contributed by atoms with Gasteiger partial charge in [0.1, 0.15) is 0 Å². The molecule has 1 unspecified atom stereocenters. The Kier molecular flexibility index (Phi) is 14.8. The average molecular weight is 504 g/mol. The number of halogens is 1. The SMILES string of the molecule is CCNC(=NCCCC(C)C)NCCS(=O)(=O)NCC1CCCCO1.I. The lowest BCUT2D eigenvalue weighted by atomic mass is 10.1. The van der Waals surface area contributed by atoms with Gasteiger partial charge in [-0.1, -0.05) is 13.8 Å². The Balaban J connectivity index is 0.00000625. The zero-order valence-corrected chi connectivity index (χ0v) is 19.6. The largest absolute Gasteiger partial charge is 0.377 e. The maximum atomic E-state index is 12.1. The molecule has 0 aromatic carbocycles. The van der Waals surface area contributed by atoms with Gasteiger partial charge < -0.3 is 15.4 Å². The molecule has 1 rings (SSSR count). The van der Waals surface area contributed by atoms with Gasteiger partial charge in [0.2, 0.25) is 10.0 Å². The molecule has 0 aliphatic carbocycles. The first-order chi connectivity index (χ1) is 11.9. The lowest BCUT2D eigenvalue weighted by molar-refractivity contribution is 0.0200. The second-order valence-corrected chi connectivity index (χ2v) is 8.81. The maximum Gasteiger partial charge on any atom is 0.213 e. The third-order valence-electron chi connectivity index (χ3n) is 4.02. The quantitative estimate of drug-likeness (QED) is 0.174. The highest BCUT2D eigenvalue weighted by atomic mass is 127. The Morgan fingerprint density at radius 2 is 2.04 bits per heavy atom. The third kappa shape index (κ3) is 13.1. The number of ether oxygens (including phenoxy) is 1. The van der Waals surface area contributed by atoms with Crippen molar-refractivity contribution in [3.63, 3.8) is 0 Å². The van der Waals surface area contributed by atoms with Crippen molar-refractivity contribution < 1.29 is 13.2 Å². The van der Waals surface area contributed by atoms with Crippen molar-refractivity contribution in [1.29, 1.82) is 0 Å². The molecule has 0 aromatic rings. The second kappa shape index (κ2) is 14.9. The van der Waals surface area contributed by atoms with Gasteiger partial charge in [0.25, 0.3) is 0 Å². The van der Waals surface area contributed by atoms with Crippen LogP contribution in [0.1, 0.15) is 52.9 Å². The van der Waals surface area contributed by atoms with E-state index in [-0.39, 0.29) is 35.8 Å². The lowest BCUT2D eigenvalue weighted by Crippen LogP contribution is -2.42. The maximum absolute atomic E-state index is 12.1. The van der Waals surface area contributed by atoms with Gasteiger partial charge >= 0.3 is 0 Å². The molecule has 0 saturated carbocycles. The number of rotatable bonds is 11. The van der Waals surface area contributed by atoms with Crippen LogP contribution in [0.4, 0.5) is 0 Å². The van der Waals surface area contributed by atoms with E-state index in [0.717, 1.165) is 51.8 Å². The van der Waals surface area contributed by atoms with E-state index in [9.17, 15) is 8.42 Å². The minimum Gasteiger partial charge on any atom is -0.377 e. The van der Waals surface area contributed by atoms with Gasteiger partial charge in [-0.2, -0.15) is 0 Å². The summed E-state index contributed by atoms with van der Waals surface area (Å²) in [5, 5.41) is 6.24. The summed E-state index contributed by atoms with van der Waals surface area (Å²) >= 11 is 0. The normalized spacial score (nSPS) is 18.5. The predicted octanol–water partition coefficient (Wildman–Crippen LogP) is 2.08. The van der Waals surface area contributed by atoms with E-state index in [1.165, 1.54) is 0 Å². The number of sulfonamides is 1. The van der Waals surface area contributed by atoms with E-state index in [2.05, 4.69) is 34.2 Å². The van der Waals surface area contributed by atoms with Crippen LogP contribution in [0, 0.1) is 5.92 Å². The fourth-order valence-corrected chi connectivity index (χ4v) is 3.55. The van der Waals surface area contributed by atoms with E-state index in [1.807, 2.05) is 6.92 Å². The van der Waals surface area contributed by atoms with E-state index in [1.54, 1.807) is 0 Å². The van der Waals surface area contributed by atoms with Crippen LogP contribution < -0.4 is 15.4 Å². The van der Waals surface area contributed by atoms with Crippen molar-refractivity contribution in [1.82, 2.24) is 15.4 Å². The molecule has 9 heteroatoms.